The van der Waals surface area contributed by atoms with Crippen LogP contribution >= 0.6 is 0 Å². The van der Waals surface area contributed by atoms with Crippen LogP contribution in [0.4, 0.5) is 17.4 Å². The smallest absolute Gasteiger partial charge is 0.307 e. The first-order chi connectivity index (χ1) is 22.1. The van der Waals surface area contributed by atoms with Gasteiger partial charge in [-0.3, -0.25) is 4.90 Å². The van der Waals surface area contributed by atoms with Gasteiger partial charge in [-0.2, -0.15) is 4.98 Å². The average molecular weight is 579 g/mol. The maximum atomic E-state index is 6.62. The van der Waals surface area contributed by atoms with E-state index in [0.29, 0.717) is 6.01 Å². The van der Waals surface area contributed by atoms with Crippen molar-refractivity contribution in [2.75, 3.05) is 4.90 Å². The van der Waals surface area contributed by atoms with E-state index in [1.54, 1.807) is 0 Å². The Morgan fingerprint density at radius 2 is 1.22 bits per heavy atom. The second-order valence-corrected chi connectivity index (χ2v) is 12.4. The Balaban J connectivity index is 1.25. The van der Waals surface area contributed by atoms with Gasteiger partial charge in [0.2, 0.25) is 0 Å². The molecule has 0 unspecified atom stereocenters. The van der Waals surface area contributed by atoms with Gasteiger partial charge in [0, 0.05) is 10.8 Å². The van der Waals surface area contributed by atoms with Gasteiger partial charge in [-0.05, 0) is 85.9 Å². The van der Waals surface area contributed by atoms with E-state index in [1.807, 2.05) is 6.07 Å². The molecule has 0 bridgehead atoms. The summed E-state index contributed by atoms with van der Waals surface area (Å²) >= 11 is 0. The largest absolute Gasteiger partial charge is 0.423 e. The highest BCUT2D eigenvalue weighted by molar-refractivity contribution is 6.15. The fraction of sp³-hybridized carbons (Fsp3) is 0.0714. The van der Waals surface area contributed by atoms with E-state index < -0.39 is 0 Å². The summed E-state index contributed by atoms with van der Waals surface area (Å²) in [6.07, 6.45) is 0. The Morgan fingerprint density at radius 3 is 2.09 bits per heavy atom. The van der Waals surface area contributed by atoms with Crippen molar-refractivity contribution in [1.29, 1.82) is 0 Å². The number of nitrogens with zero attached hydrogens (tertiary/aromatic N) is 2. The highest BCUT2D eigenvalue weighted by Crippen LogP contribution is 2.50. The van der Waals surface area contributed by atoms with Crippen LogP contribution < -0.4 is 4.90 Å². The Morgan fingerprint density at radius 1 is 0.533 bits per heavy atom. The summed E-state index contributed by atoms with van der Waals surface area (Å²) in [5, 5.41) is 4.70. The van der Waals surface area contributed by atoms with Crippen LogP contribution in [-0.4, -0.2) is 4.98 Å². The number of hydrogen-bond donors (Lipinski definition) is 0. The molecule has 0 amide bonds. The Bertz CT molecular complexity index is 2400. The minimum absolute atomic E-state index is 0.0636. The fourth-order valence-corrected chi connectivity index (χ4v) is 7.21. The molecule has 0 fully saturated rings. The second-order valence-electron chi connectivity index (χ2n) is 12.4. The molecule has 1 aliphatic rings. The molecule has 8 aromatic rings. The van der Waals surface area contributed by atoms with Crippen molar-refractivity contribution in [2.45, 2.75) is 19.3 Å². The third kappa shape index (κ3) is 3.94. The Labute approximate surface area is 262 Å². The number of fused-ring (bicyclic) bond motifs is 8. The van der Waals surface area contributed by atoms with Crippen molar-refractivity contribution in [3.05, 3.63) is 157 Å². The van der Waals surface area contributed by atoms with Crippen LogP contribution in [0.1, 0.15) is 25.0 Å². The lowest BCUT2D eigenvalue weighted by molar-refractivity contribution is 0.608. The summed E-state index contributed by atoms with van der Waals surface area (Å²) < 4.78 is 6.62. The summed E-state index contributed by atoms with van der Waals surface area (Å²) in [5.41, 5.74) is 11.2. The molecule has 3 nitrogen and oxygen atoms in total. The van der Waals surface area contributed by atoms with E-state index in [4.69, 9.17) is 9.40 Å². The molecule has 45 heavy (non-hydrogen) atoms. The van der Waals surface area contributed by atoms with E-state index in [0.717, 1.165) is 27.9 Å². The van der Waals surface area contributed by atoms with Crippen LogP contribution in [0.15, 0.2) is 150 Å². The summed E-state index contributed by atoms with van der Waals surface area (Å²) in [6.45, 7) is 4.63. The fourth-order valence-electron chi connectivity index (χ4n) is 7.21. The zero-order valence-electron chi connectivity index (χ0n) is 25.2. The number of hydrogen-bond acceptors (Lipinski definition) is 3. The van der Waals surface area contributed by atoms with Gasteiger partial charge in [-0.1, -0.05) is 123 Å². The molecule has 0 aliphatic heterocycles. The minimum atomic E-state index is -0.0636. The van der Waals surface area contributed by atoms with Crippen LogP contribution in [0.25, 0.3) is 54.9 Å². The topological polar surface area (TPSA) is 29.3 Å². The summed E-state index contributed by atoms with van der Waals surface area (Å²) in [6, 6.07) is 52.3. The van der Waals surface area contributed by atoms with Crippen molar-refractivity contribution < 1.29 is 4.42 Å². The predicted octanol–water partition coefficient (Wildman–Crippen LogP) is 11.6. The number of anilines is 3. The molecule has 9 rings (SSSR count). The van der Waals surface area contributed by atoms with E-state index in [2.05, 4.69) is 158 Å². The van der Waals surface area contributed by atoms with Crippen molar-refractivity contribution in [1.82, 2.24) is 4.98 Å². The zero-order valence-corrected chi connectivity index (χ0v) is 25.2. The lowest BCUT2D eigenvalue weighted by Gasteiger charge is -2.24. The first kappa shape index (κ1) is 25.8. The quantitative estimate of drug-likeness (QED) is 0.195. The SMILES string of the molecule is CC1(C)c2ccccc2-c2cc(N(c3ccc(-c4ccccc4)cc3)c3nc4c(ccc5c6ccccc6ccc54)o3)ccc21. The lowest BCUT2D eigenvalue weighted by atomic mass is 9.82. The summed E-state index contributed by atoms with van der Waals surface area (Å²) in [7, 11) is 0. The van der Waals surface area contributed by atoms with Crippen molar-refractivity contribution in [2.24, 2.45) is 0 Å². The highest BCUT2D eigenvalue weighted by atomic mass is 16.4. The van der Waals surface area contributed by atoms with Gasteiger partial charge in [0.25, 0.3) is 0 Å². The normalized spacial score (nSPS) is 13.3. The number of rotatable bonds is 4. The first-order valence-corrected chi connectivity index (χ1v) is 15.5. The number of benzene rings is 7. The van der Waals surface area contributed by atoms with Gasteiger partial charge >= 0.3 is 6.01 Å². The monoisotopic (exact) mass is 578 g/mol. The van der Waals surface area contributed by atoms with Crippen molar-refractivity contribution in [3.8, 4) is 22.3 Å². The molecule has 7 aromatic carbocycles. The van der Waals surface area contributed by atoms with Gasteiger partial charge in [-0.25, -0.2) is 0 Å². The van der Waals surface area contributed by atoms with Gasteiger partial charge in [0.1, 0.15) is 5.52 Å². The Kier molecular flexibility index (Phi) is 5.54. The summed E-state index contributed by atoms with van der Waals surface area (Å²) in [5.74, 6) is 0. The van der Waals surface area contributed by atoms with Crippen LogP contribution in [0.2, 0.25) is 0 Å². The maximum Gasteiger partial charge on any atom is 0.307 e. The van der Waals surface area contributed by atoms with Crippen LogP contribution in [0, 0.1) is 0 Å². The number of aromatic nitrogens is 1. The molecule has 1 heterocycles. The maximum absolute atomic E-state index is 6.62. The van der Waals surface area contributed by atoms with Gasteiger partial charge in [0.05, 0.1) is 11.4 Å². The zero-order chi connectivity index (χ0) is 30.1. The summed E-state index contributed by atoms with van der Waals surface area (Å²) in [4.78, 5) is 7.36. The van der Waals surface area contributed by atoms with Gasteiger partial charge in [-0.15, -0.1) is 0 Å². The molecule has 3 heteroatoms. The number of oxazole rings is 1. The van der Waals surface area contributed by atoms with Gasteiger partial charge < -0.3 is 4.42 Å². The first-order valence-electron chi connectivity index (χ1n) is 15.5. The van der Waals surface area contributed by atoms with Gasteiger partial charge in [0.15, 0.2) is 5.58 Å². The minimum Gasteiger partial charge on any atom is -0.423 e. The molecule has 0 radical (unpaired) electrons. The van der Waals surface area contributed by atoms with Crippen molar-refractivity contribution in [3.63, 3.8) is 0 Å². The van der Waals surface area contributed by atoms with Crippen LogP contribution in [0.3, 0.4) is 0 Å². The third-order valence-corrected chi connectivity index (χ3v) is 9.52. The lowest BCUT2D eigenvalue weighted by Crippen LogP contribution is -2.15. The van der Waals surface area contributed by atoms with E-state index >= 15 is 0 Å². The molecule has 0 atom stereocenters. The predicted molar refractivity (Wildman–Crippen MR) is 187 cm³/mol. The molecule has 1 aliphatic carbocycles. The third-order valence-electron chi connectivity index (χ3n) is 9.52. The Hall–Kier alpha value is -5.67. The molecule has 0 saturated heterocycles. The van der Waals surface area contributed by atoms with E-state index in [-0.39, 0.29) is 5.41 Å². The second kappa shape index (κ2) is 9.67. The van der Waals surface area contributed by atoms with Crippen LogP contribution in [0.5, 0.6) is 0 Å². The molecule has 214 valence electrons. The highest BCUT2D eigenvalue weighted by Gasteiger charge is 2.35. The average Bonchev–Trinajstić information content (AvgIpc) is 3.62. The van der Waals surface area contributed by atoms with E-state index in [9.17, 15) is 0 Å². The molecular weight excluding hydrogens is 548 g/mol. The molecule has 0 spiro atoms. The molecule has 0 N–H and O–H groups in total. The van der Waals surface area contributed by atoms with Crippen molar-refractivity contribution >= 4 is 50.0 Å². The molecule has 0 saturated carbocycles. The van der Waals surface area contributed by atoms with Crippen LogP contribution in [-0.2, 0) is 5.41 Å². The standard InChI is InChI=1S/C42H30N2O/c1-42(2)37-15-9-8-14-34(37)36-26-31(21-24-38(36)42)44(30-19-16-28(17-20-30)27-10-4-3-5-11-27)41-43-40-35-22-18-29-12-6-7-13-32(29)33(35)23-25-39(40)45-41/h3-26H,1-2H3. The van der Waals surface area contributed by atoms with E-state index in [1.165, 1.54) is 49.5 Å². The molecular formula is C42H30N2O. The molecule has 1 aromatic heterocycles.